The number of likely N-dealkylation sites (N-methyl/N-ethyl adjacent to an activating group) is 2. The van der Waals surface area contributed by atoms with Crippen LogP contribution in [0.4, 0.5) is 28.4 Å². The Labute approximate surface area is 787 Å². The van der Waals surface area contributed by atoms with Crippen molar-refractivity contribution >= 4 is 39.5 Å². The van der Waals surface area contributed by atoms with Crippen molar-refractivity contribution in [3.05, 3.63) is 443 Å². The quantitative estimate of drug-likeness (QED) is 0.0886. The number of fused-ring (bicyclic) bond motifs is 2. The zero-order valence-corrected chi connectivity index (χ0v) is 80.8. The molecule has 2 radical (unpaired) electrons. The average Bonchev–Trinajstić information content (AvgIpc) is 1.55. The molecule has 0 N–H and O–H groups in total. The van der Waals surface area contributed by atoms with Crippen LogP contribution in [-0.4, -0.2) is 81.2 Å². The topological polar surface area (TPSA) is 63.9 Å². The fourth-order valence-corrected chi connectivity index (χ4v) is 15.9. The number of hydrogen-bond donors (Lipinski definition) is 0. The molecule has 3 aliphatic heterocycles. The summed E-state index contributed by atoms with van der Waals surface area (Å²) in [5.74, 6) is 0. The summed E-state index contributed by atoms with van der Waals surface area (Å²) in [6.45, 7) is 27.4. The Kier molecular flexibility index (Phi) is 33.6. The molecule has 0 amide bonds. The molecule has 0 atom stereocenters. The number of aromatic nitrogens is 6. The molecule has 20 rings (SSSR count). The van der Waals surface area contributed by atoms with Crippen LogP contribution in [0.2, 0.25) is 0 Å². The van der Waals surface area contributed by atoms with E-state index in [1.807, 2.05) is 144 Å². The Hall–Kier alpha value is -12.0. The Morgan fingerprint density at radius 1 is 0.325 bits per heavy atom. The van der Waals surface area contributed by atoms with E-state index in [4.69, 9.17) is 0 Å². The number of benzene rings is 14. The molecule has 6 heterocycles. The predicted molar refractivity (Wildman–Crippen MR) is 510 cm³/mol. The van der Waals surface area contributed by atoms with Gasteiger partial charge in [0.2, 0.25) is 6.33 Å². The molecule has 0 saturated carbocycles. The average molecular weight is 2180 g/mol. The molecule has 15 heteroatoms. The molecule has 0 aliphatic carbocycles. The van der Waals surface area contributed by atoms with Gasteiger partial charge < -0.3 is 46.0 Å². The van der Waals surface area contributed by atoms with Crippen LogP contribution in [-0.2, 0) is 67.4 Å². The molecule has 2 fully saturated rings. The van der Waals surface area contributed by atoms with Gasteiger partial charge in [0.1, 0.15) is 0 Å². The van der Waals surface area contributed by atoms with Gasteiger partial charge in [-0.3, -0.25) is 9.36 Å². The van der Waals surface area contributed by atoms with Gasteiger partial charge in [-0.05, 0) is 172 Å². The summed E-state index contributed by atoms with van der Waals surface area (Å²) in [5.41, 5.74) is 35.6. The van der Waals surface area contributed by atoms with Crippen LogP contribution in [0, 0.1) is 126 Å². The zero-order valence-electron chi connectivity index (χ0n) is 73.6. The molecule has 3 aromatic heterocycles. The second-order valence-corrected chi connectivity index (χ2v) is 31.1. The fraction of sp³-hybridized carbons (Fsp3) is 0.144. The van der Waals surface area contributed by atoms with E-state index in [1.54, 1.807) is 0 Å². The van der Waals surface area contributed by atoms with Gasteiger partial charge in [0.25, 0.3) is 0 Å². The smallest absolute Gasteiger partial charge is 0.528 e. The Morgan fingerprint density at radius 3 is 1.07 bits per heavy atom. The number of para-hydroxylation sites is 7. The van der Waals surface area contributed by atoms with Gasteiger partial charge in [0, 0.05) is 63.0 Å². The van der Waals surface area contributed by atoms with Gasteiger partial charge in [-0.1, -0.05) is 221 Å². The van der Waals surface area contributed by atoms with Crippen LogP contribution in [0.1, 0.15) is 45.0 Å². The van der Waals surface area contributed by atoms with Gasteiger partial charge in [-0.2, -0.15) is 164 Å². The third-order valence-electron chi connectivity index (χ3n) is 21.8. The zero-order chi connectivity index (χ0) is 84.6. The summed E-state index contributed by atoms with van der Waals surface area (Å²) in [4.78, 5) is 13.2. The summed E-state index contributed by atoms with van der Waals surface area (Å²) in [5, 5.41) is 8.73. The van der Waals surface area contributed by atoms with Crippen molar-refractivity contribution in [1.82, 2.24) is 33.9 Å². The third kappa shape index (κ3) is 23.2. The molecular formula is C111H104Ir3N12-7. The second kappa shape index (κ2) is 44.8. The summed E-state index contributed by atoms with van der Waals surface area (Å²) >= 11 is 0. The molecule has 14 aromatic carbocycles. The first kappa shape index (κ1) is 94.7. The van der Waals surface area contributed by atoms with Crippen LogP contribution in [0.3, 0.4) is 0 Å². The van der Waals surface area contributed by atoms with E-state index in [1.165, 1.54) is 106 Å². The van der Waals surface area contributed by atoms with Crippen molar-refractivity contribution < 1.29 is 64.9 Å². The van der Waals surface area contributed by atoms with E-state index in [2.05, 4.69) is 388 Å². The summed E-state index contributed by atoms with van der Waals surface area (Å²) in [6.07, 6.45) is 3.27. The second-order valence-electron chi connectivity index (χ2n) is 31.1. The SMILES string of the molecule is CN1[CH-]N(c2[c-]cc(-c3ccc(-c4ccccc4)cc3)cc2)c2ccccc21.C[n+]1[c-]n(-c2[c-]cccc2)c2ccccc21.Cc1cc(-c2ccccc2)cc(C)c1-c1c[c-]c(N2[CH-]N(C)CC2)cc1.Cc1cc(-c2ccccc2)cc(C)c1-c1c[c-]c(N2[CH-]N(C)CC2)cc1.Cc1cc(C)n(-c2[c-]cccc2)n1.Cc1cc(C)n(-c2[c-]cccc2)n1.[CH3-].[Ir+3].[Ir].[Ir]. The van der Waals surface area contributed by atoms with E-state index >= 15 is 0 Å². The van der Waals surface area contributed by atoms with Crippen molar-refractivity contribution in [3.63, 3.8) is 0 Å². The van der Waals surface area contributed by atoms with Gasteiger partial charge in [-0.15, -0.1) is 64.1 Å². The fourth-order valence-electron chi connectivity index (χ4n) is 15.9. The number of aryl methyl sites for hydroxylation is 9. The molecule has 2 saturated heterocycles. The molecule has 12 nitrogen and oxygen atoms in total. The van der Waals surface area contributed by atoms with Crippen molar-refractivity contribution in [1.29, 1.82) is 0 Å². The normalized spacial score (nSPS) is 12.5. The summed E-state index contributed by atoms with van der Waals surface area (Å²) in [6, 6.07) is 133. The number of anilines is 5. The van der Waals surface area contributed by atoms with Crippen molar-refractivity contribution in [3.8, 4) is 83.8 Å². The molecule has 126 heavy (non-hydrogen) atoms. The molecule has 0 spiro atoms. The van der Waals surface area contributed by atoms with E-state index in [0.29, 0.717) is 0 Å². The number of hydrogen-bond acceptors (Lipinski definition) is 8. The Morgan fingerprint density at radius 2 is 0.683 bits per heavy atom. The minimum atomic E-state index is 0. The first-order valence-electron chi connectivity index (χ1n) is 41.4. The third-order valence-corrected chi connectivity index (χ3v) is 21.8. The maximum absolute atomic E-state index is 4.37. The number of imidazole rings is 1. The van der Waals surface area contributed by atoms with Crippen molar-refractivity contribution in [2.45, 2.75) is 55.4 Å². The van der Waals surface area contributed by atoms with Gasteiger partial charge >= 0.3 is 20.1 Å². The van der Waals surface area contributed by atoms with E-state index < -0.39 is 0 Å². The predicted octanol–water partition coefficient (Wildman–Crippen LogP) is 24.2. The van der Waals surface area contributed by atoms with Crippen molar-refractivity contribution in [2.24, 2.45) is 7.05 Å². The molecule has 0 unspecified atom stereocenters. The van der Waals surface area contributed by atoms with E-state index in [0.717, 1.165) is 88.6 Å². The molecule has 17 aromatic rings. The van der Waals surface area contributed by atoms with E-state index in [9.17, 15) is 0 Å². The maximum atomic E-state index is 4.37. The van der Waals surface area contributed by atoms with Crippen LogP contribution in [0.15, 0.2) is 328 Å². The standard InChI is InChI=1S/C26H20N2.2C24H24N2.C14H11N2.2C11H11N2.CH3.3Ir/c1-27-19-28(26-10-6-5-9-25(26)27)24-17-15-23(16-18-24)22-13-11-21(12-14-22)20-7-3-2-4-8-20;2*1-18-15-22(20-7-5-4-6-8-20)16-19(2)24(18)21-9-11-23(12-10-21)26-14-13-25(3)17-26;1-15-11-16(12-7-3-2-4-8-12)14-10-6-5-9-13(14)15;2*1-9-8-10(2)13(12-9)11-6-4-3-5-7-11;;;;/h2-17,19H,1H3;2*4-11,15-17H,13-14H2,1-3H3;2-7,9-10H,1H3;2*3-6,8H,1-2H3;1H3;;;/q3*-2;4*-1;;;+3. The van der Waals surface area contributed by atoms with Crippen LogP contribution < -0.4 is 24.2 Å². The summed E-state index contributed by atoms with van der Waals surface area (Å²) < 4.78 is 7.82. The number of rotatable bonds is 12. The first-order chi connectivity index (χ1) is 59.4. The number of nitrogens with zero attached hydrogens (tertiary/aromatic N) is 12. The van der Waals surface area contributed by atoms with Crippen LogP contribution >= 0.6 is 0 Å². The van der Waals surface area contributed by atoms with Crippen molar-refractivity contribution in [2.75, 3.05) is 66.9 Å². The molecule has 0 bridgehead atoms. The van der Waals surface area contributed by atoms with Gasteiger partial charge in [0.05, 0.1) is 29.5 Å². The minimum Gasteiger partial charge on any atom is -0.528 e. The van der Waals surface area contributed by atoms with Gasteiger partial charge in [0.15, 0.2) is 0 Å². The Bertz CT molecular complexity index is 5980. The monoisotopic (exact) mass is 2180 g/mol. The van der Waals surface area contributed by atoms with E-state index in [-0.39, 0.29) is 67.7 Å². The van der Waals surface area contributed by atoms with Gasteiger partial charge in [-0.25, -0.2) is 0 Å². The minimum absolute atomic E-state index is 0. The Balaban J connectivity index is 0.000000149. The molecule has 3 aliphatic rings. The largest absolute Gasteiger partial charge is 3.00 e. The maximum Gasteiger partial charge on any atom is 3.00 e. The van der Waals surface area contributed by atoms with Crippen LogP contribution in [0.25, 0.3) is 94.9 Å². The molecule has 642 valence electrons. The molecular weight excluding hydrogens is 2080 g/mol. The first-order valence-corrected chi connectivity index (χ1v) is 41.4. The van der Waals surface area contributed by atoms with Crippen LogP contribution in [0.5, 0.6) is 0 Å². The summed E-state index contributed by atoms with van der Waals surface area (Å²) in [7, 11) is 8.29.